The van der Waals surface area contributed by atoms with Gasteiger partial charge in [-0.05, 0) is 42.4 Å². The standard InChI is InChI=1S/C25H41N7O6/c1-13(2)19(23(36)32-20(14(3)4)24(37)38)31-22(35)18(12-15-7-9-16(33)10-8-15)30-21(34)17(26)6-5-11-29-25(27)28/h7-10,13-14,17-20,33H,5-6,11-12,26H2,1-4H3,(H,30,34)(H,31,35)(H,32,36)(H,37,38)(H4,27,28,29). The Balaban J connectivity index is 3.06. The molecule has 3 amide bonds. The fourth-order valence-electron chi connectivity index (χ4n) is 3.55. The SMILES string of the molecule is CC(C)C(NC(=O)C(NC(=O)C(Cc1ccc(O)cc1)NC(=O)C(N)CCCN=C(N)N)C(C)C)C(=O)O. The van der Waals surface area contributed by atoms with Crippen LogP contribution in [-0.2, 0) is 25.6 Å². The summed E-state index contributed by atoms with van der Waals surface area (Å²) in [5.74, 6) is -3.86. The predicted octanol–water partition coefficient (Wildman–Crippen LogP) is -0.833. The van der Waals surface area contributed by atoms with Gasteiger partial charge in [0, 0.05) is 13.0 Å². The number of phenols is 1. The fourth-order valence-corrected chi connectivity index (χ4v) is 3.55. The van der Waals surface area contributed by atoms with E-state index < -0.39 is 47.9 Å². The minimum absolute atomic E-state index is 0.0382. The van der Waals surface area contributed by atoms with Gasteiger partial charge in [0.15, 0.2) is 5.96 Å². The van der Waals surface area contributed by atoms with E-state index in [2.05, 4.69) is 20.9 Å². The van der Waals surface area contributed by atoms with Crippen LogP contribution in [-0.4, -0.2) is 70.6 Å². The lowest BCUT2D eigenvalue weighted by Crippen LogP contribution is -2.59. The van der Waals surface area contributed by atoms with E-state index in [1.807, 2.05) is 0 Å². The molecule has 0 fully saturated rings. The minimum atomic E-state index is -1.19. The number of nitrogens with two attached hydrogens (primary N) is 3. The van der Waals surface area contributed by atoms with E-state index in [-0.39, 0.29) is 36.4 Å². The maximum absolute atomic E-state index is 13.3. The summed E-state index contributed by atoms with van der Waals surface area (Å²) in [6, 6.07) is 1.86. The lowest BCUT2D eigenvalue weighted by Gasteiger charge is -2.28. The molecule has 0 spiro atoms. The number of carbonyl (C=O) groups is 4. The van der Waals surface area contributed by atoms with Crippen molar-refractivity contribution in [3.63, 3.8) is 0 Å². The van der Waals surface area contributed by atoms with Crippen LogP contribution in [0, 0.1) is 11.8 Å². The number of nitrogens with zero attached hydrogens (tertiary/aromatic N) is 1. The highest BCUT2D eigenvalue weighted by atomic mass is 16.4. The highest BCUT2D eigenvalue weighted by Crippen LogP contribution is 2.13. The summed E-state index contributed by atoms with van der Waals surface area (Å²) in [5, 5.41) is 26.8. The van der Waals surface area contributed by atoms with Gasteiger partial charge in [0.05, 0.1) is 6.04 Å². The third kappa shape index (κ3) is 11.0. The van der Waals surface area contributed by atoms with E-state index in [9.17, 15) is 29.4 Å². The molecular weight excluding hydrogens is 494 g/mol. The quantitative estimate of drug-likeness (QED) is 0.0793. The van der Waals surface area contributed by atoms with Crippen molar-refractivity contribution < 1.29 is 29.4 Å². The number of carboxylic acids is 1. The number of benzene rings is 1. The Morgan fingerprint density at radius 3 is 1.92 bits per heavy atom. The maximum Gasteiger partial charge on any atom is 0.326 e. The lowest BCUT2D eigenvalue weighted by atomic mass is 9.99. The topological polar surface area (TPSA) is 235 Å². The molecule has 0 aromatic heterocycles. The van der Waals surface area contributed by atoms with Gasteiger partial charge in [0.2, 0.25) is 17.7 Å². The predicted molar refractivity (Wildman–Crippen MR) is 143 cm³/mol. The molecule has 0 radical (unpaired) electrons. The van der Waals surface area contributed by atoms with E-state index in [1.54, 1.807) is 39.8 Å². The Morgan fingerprint density at radius 2 is 1.42 bits per heavy atom. The third-order valence-electron chi connectivity index (χ3n) is 5.79. The average molecular weight is 536 g/mol. The Bertz CT molecular complexity index is 977. The van der Waals surface area contributed by atoms with Crippen LogP contribution in [0.25, 0.3) is 0 Å². The first kappa shape index (κ1) is 32.2. The van der Waals surface area contributed by atoms with Crippen molar-refractivity contribution >= 4 is 29.7 Å². The van der Waals surface area contributed by atoms with Gasteiger partial charge in [0.25, 0.3) is 0 Å². The second kappa shape index (κ2) is 15.4. The molecule has 4 atom stereocenters. The molecule has 0 saturated carbocycles. The molecule has 11 N–H and O–H groups in total. The first-order valence-corrected chi connectivity index (χ1v) is 12.5. The summed E-state index contributed by atoms with van der Waals surface area (Å²) >= 11 is 0. The van der Waals surface area contributed by atoms with E-state index >= 15 is 0 Å². The van der Waals surface area contributed by atoms with Crippen molar-refractivity contribution in [1.29, 1.82) is 0 Å². The molecule has 0 bridgehead atoms. The fraction of sp³-hybridized carbons (Fsp3) is 0.560. The van der Waals surface area contributed by atoms with Crippen LogP contribution in [0.2, 0.25) is 0 Å². The van der Waals surface area contributed by atoms with Crippen LogP contribution in [0.1, 0.15) is 46.1 Å². The Labute approximate surface area is 222 Å². The molecule has 13 nitrogen and oxygen atoms in total. The number of aromatic hydroxyl groups is 1. The number of hydrogen-bond acceptors (Lipinski definition) is 7. The highest BCUT2D eigenvalue weighted by Gasteiger charge is 2.32. The zero-order valence-corrected chi connectivity index (χ0v) is 22.3. The number of nitrogens with one attached hydrogen (secondary N) is 3. The van der Waals surface area contributed by atoms with Crippen LogP contribution in [0.3, 0.4) is 0 Å². The number of carbonyl (C=O) groups excluding carboxylic acids is 3. The zero-order valence-electron chi connectivity index (χ0n) is 22.3. The number of carboxylic acid groups (broad SMARTS) is 1. The molecular formula is C25H41N7O6. The molecule has 1 aromatic rings. The number of amides is 3. The zero-order chi connectivity index (χ0) is 29.0. The van der Waals surface area contributed by atoms with E-state index in [0.717, 1.165) is 0 Å². The molecule has 0 saturated heterocycles. The molecule has 1 rings (SSSR count). The van der Waals surface area contributed by atoms with Gasteiger partial charge in [-0.3, -0.25) is 19.4 Å². The first-order valence-electron chi connectivity index (χ1n) is 12.5. The number of rotatable bonds is 15. The number of guanidine groups is 1. The van der Waals surface area contributed by atoms with E-state index in [0.29, 0.717) is 18.5 Å². The molecule has 0 aliphatic rings. The largest absolute Gasteiger partial charge is 0.508 e. The van der Waals surface area contributed by atoms with Crippen LogP contribution in [0.5, 0.6) is 5.75 Å². The Kier molecular flexibility index (Phi) is 13.0. The minimum Gasteiger partial charge on any atom is -0.508 e. The summed E-state index contributed by atoms with van der Waals surface area (Å²) < 4.78 is 0. The lowest BCUT2D eigenvalue weighted by molar-refractivity contribution is -0.143. The molecule has 0 heterocycles. The molecule has 4 unspecified atom stereocenters. The second-order valence-corrected chi connectivity index (χ2v) is 9.79. The summed E-state index contributed by atoms with van der Waals surface area (Å²) in [4.78, 5) is 54.4. The molecule has 13 heteroatoms. The van der Waals surface area contributed by atoms with Crippen molar-refractivity contribution in [2.45, 2.75) is 71.1 Å². The van der Waals surface area contributed by atoms with E-state index in [4.69, 9.17) is 17.2 Å². The van der Waals surface area contributed by atoms with Crippen LogP contribution in [0.4, 0.5) is 0 Å². The van der Waals surface area contributed by atoms with Gasteiger partial charge >= 0.3 is 5.97 Å². The molecule has 0 aliphatic carbocycles. The van der Waals surface area contributed by atoms with Crippen molar-refractivity contribution in [2.75, 3.05) is 6.54 Å². The van der Waals surface area contributed by atoms with Gasteiger partial charge in [-0.1, -0.05) is 39.8 Å². The smallest absolute Gasteiger partial charge is 0.326 e. The van der Waals surface area contributed by atoms with Crippen molar-refractivity contribution in [1.82, 2.24) is 16.0 Å². The molecule has 0 aliphatic heterocycles. The first-order chi connectivity index (χ1) is 17.7. The monoisotopic (exact) mass is 535 g/mol. The molecule has 1 aromatic carbocycles. The summed E-state index contributed by atoms with van der Waals surface area (Å²) in [5.41, 5.74) is 17.2. The van der Waals surface area contributed by atoms with Gasteiger partial charge in [0.1, 0.15) is 23.9 Å². The van der Waals surface area contributed by atoms with Crippen LogP contribution < -0.4 is 33.2 Å². The van der Waals surface area contributed by atoms with E-state index in [1.165, 1.54) is 12.1 Å². The summed E-state index contributed by atoms with van der Waals surface area (Å²) in [6.45, 7) is 7.02. The Hall–Kier alpha value is -3.87. The Morgan fingerprint density at radius 1 is 0.868 bits per heavy atom. The average Bonchev–Trinajstić information content (AvgIpc) is 2.83. The normalized spacial score (nSPS) is 14.2. The third-order valence-corrected chi connectivity index (χ3v) is 5.79. The second-order valence-electron chi connectivity index (χ2n) is 9.79. The van der Waals surface area contributed by atoms with Crippen LogP contribution in [0.15, 0.2) is 29.3 Å². The number of hydrogen-bond donors (Lipinski definition) is 8. The maximum atomic E-state index is 13.3. The highest BCUT2D eigenvalue weighted by molar-refractivity contribution is 5.94. The van der Waals surface area contributed by atoms with Gasteiger partial charge in [-0.15, -0.1) is 0 Å². The van der Waals surface area contributed by atoms with Crippen molar-refractivity contribution in [3.8, 4) is 5.75 Å². The van der Waals surface area contributed by atoms with Crippen LogP contribution >= 0.6 is 0 Å². The van der Waals surface area contributed by atoms with Gasteiger partial charge in [-0.25, -0.2) is 4.79 Å². The van der Waals surface area contributed by atoms with Crippen molar-refractivity contribution in [3.05, 3.63) is 29.8 Å². The number of phenolic OH excluding ortho intramolecular Hbond substituents is 1. The van der Waals surface area contributed by atoms with Gasteiger partial charge in [-0.2, -0.15) is 0 Å². The van der Waals surface area contributed by atoms with Gasteiger partial charge < -0.3 is 43.4 Å². The summed E-state index contributed by atoms with van der Waals surface area (Å²) in [6.07, 6.45) is 0.755. The molecule has 38 heavy (non-hydrogen) atoms. The number of aliphatic carboxylic acids is 1. The number of aliphatic imine (C=N–C) groups is 1. The van der Waals surface area contributed by atoms with Crippen molar-refractivity contribution in [2.24, 2.45) is 34.0 Å². The summed E-state index contributed by atoms with van der Waals surface area (Å²) in [7, 11) is 0. The molecule has 212 valence electrons.